The maximum Gasteiger partial charge on any atom is 0.0824 e. The molecule has 0 saturated carbocycles. The fraction of sp³-hybridized carbons (Fsp3) is 0. The lowest BCUT2D eigenvalue weighted by Crippen LogP contribution is -2.00. The van der Waals surface area contributed by atoms with Crippen LogP contribution in [0, 0.1) is 0 Å². The van der Waals surface area contributed by atoms with Gasteiger partial charge in [-0.25, -0.2) is 4.98 Å². The third kappa shape index (κ3) is 2.65. The fourth-order valence-corrected chi connectivity index (χ4v) is 5.71. The number of aromatic nitrogens is 3. The molecule has 5 aromatic carbocycles. The number of hydrogen-bond acceptors (Lipinski definition) is 1. The highest BCUT2D eigenvalue weighted by molar-refractivity contribution is 6.10. The minimum absolute atomic E-state index is 1.04. The van der Waals surface area contributed by atoms with Crippen molar-refractivity contribution in [1.82, 2.24) is 14.1 Å². The van der Waals surface area contributed by atoms with E-state index in [1.807, 2.05) is 0 Å². The fourth-order valence-electron chi connectivity index (χ4n) is 5.71. The number of fused-ring (bicyclic) bond motifs is 8. The van der Waals surface area contributed by atoms with Crippen LogP contribution < -0.4 is 0 Å². The summed E-state index contributed by atoms with van der Waals surface area (Å²) >= 11 is 0. The molecule has 0 radical (unpaired) electrons. The summed E-state index contributed by atoms with van der Waals surface area (Å²) in [5, 5.41) is 4.85. The summed E-state index contributed by atoms with van der Waals surface area (Å²) in [5.74, 6) is 0. The normalized spacial score (nSPS) is 11.9. The van der Waals surface area contributed by atoms with Gasteiger partial charge in [0, 0.05) is 44.7 Å². The molecule has 3 nitrogen and oxygen atoms in total. The quantitative estimate of drug-likeness (QED) is 0.255. The smallest absolute Gasteiger partial charge is 0.0824 e. The maximum absolute atomic E-state index is 4.99. The minimum atomic E-state index is 1.04. The molecule has 6 aromatic rings. The van der Waals surface area contributed by atoms with Crippen molar-refractivity contribution in [2.75, 3.05) is 0 Å². The van der Waals surface area contributed by atoms with Crippen LogP contribution in [0.5, 0.6) is 0 Å². The minimum Gasteiger partial charge on any atom is -0.316 e. The number of hydrogen-bond donors (Lipinski definition) is 0. The van der Waals surface area contributed by atoms with Crippen molar-refractivity contribution >= 4 is 43.6 Å². The second-order valence-corrected chi connectivity index (χ2v) is 9.30. The van der Waals surface area contributed by atoms with Crippen molar-refractivity contribution in [3.8, 4) is 22.6 Å². The van der Waals surface area contributed by atoms with E-state index in [1.54, 1.807) is 0 Å². The van der Waals surface area contributed by atoms with Gasteiger partial charge in [-0.1, -0.05) is 72.8 Å². The molecule has 36 heavy (non-hydrogen) atoms. The van der Waals surface area contributed by atoms with Crippen LogP contribution in [0.1, 0.15) is 0 Å². The highest BCUT2D eigenvalue weighted by Crippen LogP contribution is 2.39. The van der Waals surface area contributed by atoms with Gasteiger partial charge in [0.2, 0.25) is 0 Å². The van der Waals surface area contributed by atoms with E-state index >= 15 is 0 Å². The molecule has 168 valence electrons. The summed E-state index contributed by atoms with van der Waals surface area (Å²) in [6.07, 6.45) is 2.25. The third-order valence-electron chi connectivity index (χ3n) is 7.31. The average molecular weight is 460 g/mol. The van der Waals surface area contributed by atoms with Crippen LogP contribution in [0.4, 0.5) is 0 Å². The van der Waals surface area contributed by atoms with Crippen molar-refractivity contribution in [2.45, 2.75) is 0 Å². The molecule has 0 aliphatic carbocycles. The van der Waals surface area contributed by atoms with Crippen LogP contribution in [0.25, 0.3) is 66.2 Å². The van der Waals surface area contributed by atoms with Gasteiger partial charge in [0.1, 0.15) is 0 Å². The maximum atomic E-state index is 4.99. The Labute approximate surface area is 207 Å². The van der Waals surface area contributed by atoms with Crippen molar-refractivity contribution in [3.05, 3.63) is 128 Å². The number of para-hydroxylation sites is 4. The molecule has 0 amide bonds. The summed E-state index contributed by atoms with van der Waals surface area (Å²) in [4.78, 5) is 4.99. The topological polar surface area (TPSA) is 22.8 Å². The predicted molar refractivity (Wildman–Crippen MR) is 150 cm³/mol. The lowest BCUT2D eigenvalue weighted by molar-refractivity contribution is 1.11. The van der Waals surface area contributed by atoms with Crippen molar-refractivity contribution in [2.24, 2.45) is 0 Å². The van der Waals surface area contributed by atoms with Crippen LogP contribution in [-0.2, 0) is 0 Å². The zero-order valence-electron chi connectivity index (χ0n) is 19.5. The first-order valence-corrected chi connectivity index (χ1v) is 12.2. The van der Waals surface area contributed by atoms with Crippen molar-refractivity contribution in [1.29, 1.82) is 0 Å². The van der Waals surface area contributed by atoms with E-state index in [4.69, 9.17) is 4.98 Å². The Hall–Kier alpha value is -4.89. The second kappa shape index (κ2) is 7.30. The Kier molecular flexibility index (Phi) is 3.94. The zero-order chi connectivity index (χ0) is 23.6. The monoisotopic (exact) mass is 459 g/mol. The van der Waals surface area contributed by atoms with E-state index in [-0.39, 0.29) is 0 Å². The highest BCUT2D eigenvalue weighted by Gasteiger charge is 2.19. The Balaban J connectivity index is 1.47. The largest absolute Gasteiger partial charge is 0.316 e. The second-order valence-electron chi connectivity index (χ2n) is 9.30. The van der Waals surface area contributed by atoms with Gasteiger partial charge in [0.05, 0.1) is 27.8 Å². The molecular formula is C33H21N3. The summed E-state index contributed by atoms with van der Waals surface area (Å²) < 4.78 is 4.68. The molecule has 0 bridgehead atoms. The Morgan fingerprint density at radius 1 is 0.472 bits per heavy atom. The summed E-state index contributed by atoms with van der Waals surface area (Å²) in [5.41, 5.74) is 9.16. The van der Waals surface area contributed by atoms with Crippen LogP contribution in [0.3, 0.4) is 0 Å². The molecule has 0 N–H and O–H groups in total. The molecule has 1 aromatic heterocycles. The first-order valence-electron chi connectivity index (χ1n) is 12.2. The van der Waals surface area contributed by atoms with E-state index in [1.165, 1.54) is 38.4 Å². The Bertz CT molecular complexity index is 2040. The van der Waals surface area contributed by atoms with Crippen LogP contribution in [0.15, 0.2) is 128 Å². The van der Waals surface area contributed by atoms with E-state index in [0.717, 1.165) is 27.8 Å². The van der Waals surface area contributed by atoms with E-state index in [2.05, 4.69) is 137 Å². The van der Waals surface area contributed by atoms with Gasteiger partial charge in [0.15, 0.2) is 0 Å². The molecular weight excluding hydrogens is 438 g/mol. The zero-order valence-corrected chi connectivity index (χ0v) is 19.5. The molecule has 2 aliphatic heterocycles. The Morgan fingerprint density at radius 2 is 1.14 bits per heavy atom. The predicted octanol–water partition coefficient (Wildman–Crippen LogP) is 8.38. The molecule has 2 aliphatic rings. The molecule has 3 heterocycles. The van der Waals surface area contributed by atoms with Crippen LogP contribution in [-0.4, -0.2) is 14.1 Å². The van der Waals surface area contributed by atoms with Gasteiger partial charge in [0.25, 0.3) is 0 Å². The first kappa shape index (κ1) is 19.4. The summed E-state index contributed by atoms with van der Waals surface area (Å²) in [7, 11) is 0. The molecule has 0 spiro atoms. The molecule has 0 fully saturated rings. The van der Waals surface area contributed by atoms with E-state index in [0.29, 0.717) is 0 Å². The molecule has 3 heteroatoms. The van der Waals surface area contributed by atoms with Crippen molar-refractivity contribution in [3.63, 3.8) is 0 Å². The average Bonchev–Trinajstić information content (AvgIpc) is 3.49. The standard InChI is InChI=1S/C33H21N3/c1-2-10-22(11-3-1)36-31-17-9-5-13-25(31)27-20-23(18-19-32(27)36)35-21-28-24-12-4-7-15-29(24)34-33(28)26-14-6-8-16-30(26)35/h1-21H. The number of rotatable bonds is 2. The molecule has 0 unspecified atom stereocenters. The highest BCUT2D eigenvalue weighted by atomic mass is 15.0. The van der Waals surface area contributed by atoms with E-state index < -0.39 is 0 Å². The SMILES string of the molecule is c1ccc(-n2c3ccccc3c3cc(-n4cc5c6ccccc6nc-5c5ccccc54)ccc32)cc1. The molecule has 8 rings (SSSR count). The van der Waals surface area contributed by atoms with Gasteiger partial charge >= 0.3 is 0 Å². The summed E-state index contributed by atoms with van der Waals surface area (Å²) in [6.45, 7) is 0. The van der Waals surface area contributed by atoms with Gasteiger partial charge in [-0.2, -0.15) is 0 Å². The van der Waals surface area contributed by atoms with Crippen LogP contribution in [0.2, 0.25) is 0 Å². The lowest BCUT2D eigenvalue weighted by atomic mass is 10.0. The Morgan fingerprint density at radius 3 is 2.00 bits per heavy atom. The van der Waals surface area contributed by atoms with Crippen molar-refractivity contribution < 1.29 is 0 Å². The lowest BCUT2D eigenvalue weighted by Gasteiger charge is -2.15. The van der Waals surface area contributed by atoms with Gasteiger partial charge < -0.3 is 9.13 Å². The molecule has 0 atom stereocenters. The van der Waals surface area contributed by atoms with Gasteiger partial charge in [-0.3, -0.25) is 0 Å². The first-order chi connectivity index (χ1) is 17.9. The van der Waals surface area contributed by atoms with Crippen LogP contribution >= 0.6 is 0 Å². The summed E-state index contributed by atoms with van der Waals surface area (Å²) in [6, 6.07) is 43.1. The number of nitrogens with zero attached hydrogens (tertiary/aromatic N) is 3. The number of benzene rings is 5. The number of pyridine rings is 1. The van der Waals surface area contributed by atoms with E-state index in [9.17, 15) is 0 Å². The van der Waals surface area contributed by atoms with Gasteiger partial charge in [-0.15, -0.1) is 0 Å². The van der Waals surface area contributed by atoms with Gasteiger partial charge in [-0.05, 0) is 48.5 Å². The molecule has 0 saturated heterocycles. The third-order valence-corrected chi connectivity index (χ3v) is 7.31.